The summed E-state index contributed by atoms with van der Waals surface area (Å²) in [6.45, 7) is -2.91. The molecule has 0 bridgehead atoms. The lowest BCUT2D eigenvalue weighted by Gasteiger charge is -2.11. The molecule has 1 aromatic carbocycles. The number of halogens is 4. The smallest absolute Gasteiger partial charge is 0.387 e. The highest BCUT2D eigenvalue weighted by Gasteiger charge is 2.13. The number of Topliss-reactive ketones (excluding diaryl/α,β-unsaturated/α-hetero) is 1. The average molecular weight is 328 g/mol. The van der Waals surface area contributed by atoms with Gasteiger partial charge in [0.1, 0.15) is 5.75 Å². The maximum atomic E-state index is 12.2. The van der Waals surface area contributed by atoms with Crippen molar-refractivity contribution in [2.24, 2.45) is 0 Å². The Balaban J connectivity index is 2.98. The van der Waals surface area contributed by atoms with Crippen LogP contribution in [0.4, 0.5) is 8.78 Å². The standard InChI is InChI=1S/C11H10BrClF2O2/c12-5-7-1-2-10(17-11(14)15)8(3-7)4-9(16)6-13/h1-3,11H,4-6H2. The van der Waals surface area contributed by atoms with E-state index in [1.165, 1.54) is 6.07 Å². The Labute approximate surface area is 111 Å². The highest BCUT2D eigenvalue weighted by Crippen LogP contribution is 2.24. The lowest BCUT2D eigenvalue weighted by Crippen LogP contribution is -2.09. The molecule has 0 amide bonds. The molecule has 0 N–H and O–H groups in total. The van der Waals surface area contributed by atoms with Crippen LogP contribution in [0, 0.1) is 0 Å². The normalized spacial score (nSPS) is 10.6. The topological polar surface area (TPSA) is 26.3 Å². The van der Waals surface area contributed by atoms with Gasteiger partial charge in [-0.1, -0.05) is 28.1 Å². The molecule has 0 radical (unpaired) electrons. The predicted octanol–water partition coefficient (Wildman–Crippen LogP) is 3.53. The Morgan fingerprint density at radius 1 is 1.47 bits per heavy atom. The van der Waals surface area contributed by atoms with Gasteiger partial charge in [0.25, 0.3) is 0 Å². The highest BCUT2D eigenvalue weighted by molar-refractivity contribution is 9.08. The van der Waals surface area contributed by atoms with Crippen LogP contribution in [0.15, 0.2) is 18.2 Å². The molecule has 0 atom stereocenters. The van der Waals surface area contributed by atoms with Crippen LogP contribution >= 0.6 is 27.5 Å². The van der Waals surface area contributed by atoms with Crippen molar-refractivity contribution in [3.05, 3.63) is 29.3 Å². The second-order valence-corrected chi connectivity index (χ2v) is 4.13. The van der Waals surface area contributed by atoms with Gasteiger partial charge in [0.15, 0.2) is 5.78 Å². The van der Waals surface area contributed by atoms with Crippen LogP contribution in [0.5, 0.6) is 5.75 Å². The molecular formula is C11H10BrClF2O2. The molecule has 0 unspecified atom stereocenters. The molecule has 6 heteroatoms. The van der Waals surface area contributed by atoms with E-state index in [-0.39, 0.29) is 23.8 Å². The van der Waals surface area contributed by atoms with E-state index < -0.39 is 6.61 Å². The second-order valence-electron chi connectivity index (χ2n) is 3.30. The SMILES string of the molecule is O=C(CCl)Cc1cc(CBr)ccc1OC(F)F. The highest BCUT2D eigenvalue weighted by atomic mass is 79.9. The molecule has 0 fully saturated rings. The Hall–Kier alpha value is -0.680. The Kier molecular flexibility index (Phi) is 5.85. The number of benzene rings is 1. The van der Waals surface area contributed by atoms with Crippen molar-refractivity contribution in [1.82, 2.24) is 0 Å². The number of rotatable bonds is 6. The van der Waals surface area contributed by atoms with Gasteiger partial charge in [-0.15, -0.1) is 11.6 Å². The van der Waals surface area contributed by atoms with Crippen molar-refractivity contribution < 1.29 is 18.3 Å². The summed E-state index contributed by atoms with van der Waals surface area (Å²) in [4.78, 5) is 11.2. The molecular weight excluding hydrogens is 317 g/mol. The Morgan fingerprint density at radius 2 is 2.18 bits per heavy atom. The minimum atomic E-state index is -2.91. The fraction of sp³-hybridized carbons (Fsp3) is 0.364. The maximum Gasteiger partial charge on any atom is 0.387 e. The summed E-state index contributed by atoms with van der Waals surface area (Å²) in [5.74, 6) is -0.368. The molecule has 0 aliphatic rings. The van der Waals surface area contributed by atoms with Crippen LogP contribution in [-0.2, 0) is 16.5 Å². The molecule has 17 heavy (non-hydrogen) atoms. The third-order valence-electron chi connectivity index (χ3n) is 2.03. The van der Waals surface area contributed by atoms with Crippen LogP contribution in [-0.4, -0.2) is 18.3 Å². The zero-order chi connectivity index (χ0) is 12.8. The maximum absolute atomic E-state index is 12.2. The van der Waals surface area contributed by atoms with Gasteiger partial charge in [-0.25, -0.2) is 0 Å². The van der Waals surface area contributed by atoms with E-state index >= 15 is 0 Å². The summed E-state index contributed by atoms with van der Waals surface area (Å²) in [6, 6.07) is 4.73. The first-order chi connectivity index (χ1) is 8.06. The number of ether oxygens (including phenoxy) is 1. The van der Waals surface area contributed by atoms with Gasteiger partial charge < -0.3 is 4.74 Å². The van der Waals surface area contributed by atoms with Crippen LogP contribution in [0.1, 0.15) is 11.1 Å². The minimum Gasteiger partial charge on any atom is -0.435 e. The van der Waals surface area contributed by atoms with E-state index in [1.54, 1.807) is 12.1 Å². The van der Waals surface area contributed by atoms with Crippen LogP contribution in [0.25, 0.3) is 0 Å². The fourth-order valence-corrected chi connectivity index (χ4v) is 1.77. The Morgan fingerprint density at radius 3 is 2.71 bits per heavy atom. The van der Waals surface area contributed by atoms with E-state index in [0.717, 1.165) is 5.56 Å². The molecule has 0 heterocycles. The van der Waals surface area contributed by atoms with Crippen molar-refractivity contribution in [3.8, 4) is 5.75 Å². The van der Waals surface area contributed by atoms with Gasteiger partial charge in [-0.3, -0.25) is 4.79 Å². The molecule has 0 aromatic heterocycles. The van der Waals surface area contributed by atoms with E-state index in [2.05, 4.69) is 20.7 Å². The zero-order valence-corrected chi connectivity index (χ0v) is 11.1. The molecule has 0 saturated carbocycles. The van der Waals surface area contributed by atoms with E-state index in [9.17, 15) is 13.6 Å². The number of carbonyl (C=O) groups excluding carboxylic acids is 1. The van der Waals surface area contributed by atoms with Crippen molar-refractivity contribution >= 4 is 33.3 Å². The third kappa shape index (κ3) is 4.60. The molecule has 94 valence electrons. The number of ketones is 1. The third-order valence-corrected chi connectivity index (χ3v) is 2.98. The van der Waals surface area contributed by atoms with E-state index in [1.807, 2.05) is 0 Å². The lowest BCUT2D eigenvalue weighted by atomic mass is 10.1. The van der Waals surface area contributed by atoms with Gasteiger partial charge in [0.05, 0.1) is 5.88 Å². The lowest BCUT2D eigenvalue weighted by molar-refractivity contribution is -0.116. The van der Waals surface area contributed by atoms with E-state index in [4.69, 9.17) is 11.6 Å². The van der Waals surface area contributed by atoms with Crippen LogP contribution < -0.4 is 4.74 Å². The van der Waals surface area contributed by atoms with Crippen LogP contribution in [0.2, 0.25) is 0 Å². The molecule has 1 aromatic rings. The first-order valence-electron chi connectivity index (χ1n) is 4.77. The quantitative estimate of drug-likeness (QED) is 0.747. The fourth-order valence-electron chi connectivity index (χ4n) is 1.32. The summed E-state index contributed by atoms with van der Waals surface area (Å²) in [5, 5.41) is 0.573. The van der Waals surface area contributed by atoms with Crippen molar-refractivity contribution in [2.75, 3.05) is 5.88 Å². The van der Waals surface area contributed by atoms with Gasteiger partial charge >= 0.3 is 6.61 Å². The predicted molar refractivity (Wildman–Crippen MR) is 65.1 cm³/mol. The van der Waals surface area contributed by atoms with Crippen molar-refractivity contribution in [2.45, 2.75) is 18.4 Å². The minimum absolute atomic E-state index is 0.00755. The van der Waals surface area contributed by atoms with Gasteiger partial charge in [-0.2, -0.15) is 8.78 Å². The summed E-state index contributed by atoms with van der Waals surface area (Å²) >= 11 is 8.64. The monoisotopic (exact) mass is 326 g/mol. The summed E-state index contributed by atoms with van der Waals surface area (Å²) in [5.41, 5.74) is 1.30. The van der Waals surface area contributed by atoms with E-state index in [0.29, 0.717) is 10.9 Å². The molecule has 0 aliphatic carbocycles. The molecule has 0 aliphatic heterocycles. The summed E-state index contributed by atoms with van der Waals surface area (Å²) in [7, 11) is 0. The number of hydrogen-bond acceptors (Lipinski definition) is 2. The number of alkyl halides is 4. The second kappa shape index (κ2) is 6.91. The zero-order valence-electron chi connectivity index (χ0n) is 8.76. The summed E-state index contributed by atoms with van der Waals surface area (Å²) < 4.78 is 28.7. The first kappa shape index (κ1) is 14.4. The molecule has 1 rings (SSSR count). The summed E-state index contributed by atoms with van der Waals surface area (Å²) in [6.07, 6.45) is -0.00755. The number of hydrogen-bond donors (Lipinski definition) is 0. The van der Waals surface area contributed by atoms with Crippen molar-refractivity contribution in [3.63, 3.8) is 0 Å². The molecule has 0 spiro atoms. The first-order valence-corrected chi connectivity index (χ1v) is 6.42. The largest absolute Gasteiger partial charge is 0.435 e. The molecule has 2 nitrogen and oxygen atoms in total. The average Bonchev–Trinajstić information content (AvgIpc) is 2.30. The van der Waals surface area contributed by atoms with Gasteiger partial charge in [-0.05, 0) is 11.6 Å². The van der Waals surface area contributed by atoms with Crippen LogP contribution in [0.3, 0.4) is 0 Å². The van der Waals surface area contributed by atoms with Crippen molar-refractivity contribution in [1.29, 1.82) is 0 Å². The molecule has 0 saturated heterocycles. The number of carbonyl (C=O) groups is 1. The van der Waals surface area contributed by atoms with Gasteiger partial charge in [0.2, 0.25) is 0 Å². The van der Waals surface area contributed by atoms with Gasteiger partial charge in [0, 0.05) is 17.3 Å². The Bertz CT molecular complexity index is 399.